The molecule has 3 atom stereocenters. The SMILES string of the molecule is CCCCC1C=NC2=C(CC(C)CC2)C1OCc1ccc(-c2ccccc2C(=O)O)cc1. The molecule has 2 aromatic carbocycles. The van der Waals surface area contributed by atoms with Gasteiger partial charge in [-0.25, -0.2) is 4.79 Å². The van der Waals surface area contributed by atoms with Crippen LogP contribution in [0.1, 0.15) is 68.3 Å². The van der Waals surface area contributed by atoms with Gasteiger partial charge in [-0.15, -0.1) is 0 Å². The third-order valence-electron chi connectivity index (χ3n) is 6.71. The van der Waals surface area contributed by atoms with E-state index in [-0.39, 0.29) is 6.10 Å². The molecule has 0 bridgehead atoms. The molecule has 1 aliphatic heterocycles. The van der Waals surface area contributed by atoms with Gasteiger partial charge in [-0.1, -0.05) is 69.2 Å². The average Bonchev–Trinajstić information content (AvgIpc) is 2.81. The minimum absolute atomic E-state index is 0.115. The molecule has 4 heteroatoms. The monoisotopic (exact) mass is 431 g/mol. The molecule has 0 spiro atoms. The van der Waals surface area contributed by atoms with E-state index >= 15 is 0 Å². The molecular weight excluding hydrogens is 398 g/mol. The summed E-state index contributed by atoms with van der Waals surface area (Å²) in [5.74, 6) is 0.130. The number of aliphatic imine (C=N–C) groups is 1. The minimum Gasteiger partial charge on any atom is -0.478 e. The molecule has 0 amide bonds. The summed E-state index contributed by atoms with van der Waals surface area (Å²) in [6.45, 7) is 5.11. The lowest BCUT2D eigenvalue weighted by atomic mass is 9.79. The number of carboxylic acids is 1. The molecular formula is C28H33NO3. The standard InChI is InChI=1S/C28H33NO3/c1-3-4-7-22-17-29-26-15-10-19(2)16-25(26)27(22)32-18-20-11-13-21(14-12-20)23-8-5-6-9-24(23)28(30)31/h5-6,8-9,11-14,17,19,22,27H,3-4,7,10,15-16,18H2,1-2H3,(H,30,31). The summed E-state index contributed by atoms with van der Waals surface area (Å²) in [4.78, 5) is 16.4. The van der Waals surface area contributed by atoms with E-state index in [9.17, 15) is 9.90 Å². The van der Waals surface area contributed by atoms with Crippen LogP contribution in [0.25, 0.3) is 11.1 Å². The Balaban J connectivity index is 1.49. The largest absolute Gasteiger partial charge is 0.478 e. The van der Waals surface area contributed by atoms with Crippen LogP contribution in [0.4, 0.5) is 0 Å². The summed E-state index contributed by atoms with van der Waals surface area (Å²) >= 11 is 0. The maximum absolute atomic E-state index is 11.5. The van der Waals surface area contributed by atoms with Crippen LogP contribution in [0.5, 0.6) is 0 Å². The molecule has 168 valence electrons. The normalized spacial score (nSPS) is 22.6. The van der Waals surface area contributed by atoms with E-state index in [0.29, 0.717) is 24.0 Å². The highest BCUT2D eigenvalue weighted by atomic mass is 16.5. The number of benzene rings is 2. The van der Waals surface area contributed by atoms with E-state index in [4.69, 9.17) is 9.73 Å². The van der Waals surface area contributed by atoms with Gasteiger partial charge >= 0.3 is 5.97 Å². The summed E-state index contributed by atoms with van der Waals surface area (Å²) in [6.07, 6.45) is 9.09. The van der Waals surface area contributed by atoms with E-state index in [2.05, 4.69) is 20.1 Å². The van der Waals surface area contributed by atoms with Crippen LogP contribution in [-0.4, -0.2) is 23.4 Å². The molecule has 1 N–H and O–H groups in total. The van der Waals surface area contributed by atoms with Gasteiger partial charge in [-0.2, -0.15) is 0 Å². The number of hydrogen-bond acceptors (Lipinski definition) is 3. The molecule has 32 heavy (non-hydrogen) atoms. The molecule has 2 aromatic rings. The van der Waals surface area contributed by atoms with Gasteiger partial charge in [0.2, 0.25) is 0 Å². The number of ether oxygens (including phenoxy) is 1. The van der Waals surface area contributed by atoms with Gasteiger partial charge in [0.1, 0.15) is 0 Å². The molecule has 1 heterocycles. The van der Waals surface area contributed by atoms with E-state index in [0.717, 1.165) is 36.0 Å². The van der Waals surface area contributed by atoms with E-state index in [1.165, 1.54) is 30.5 Å². The van der Waals surface area contributed by atoms with Crippen molar-refractivity contribution < 1.29 is 14.6 Å². The Morgan fingerprint density at radius 1 is 1.16 bits per heavy atom. The van der Waals surface area contributed by atoms with Crippen LogP contribution < -0.4 is 0 Å². The molecule has 0 saturated carbocycles. The number of unbranched alkanes of at least 4 members (excludes halogenated alkanes) is 1. The number of aromatic carboxylic acids is 1. The van der Waals surface area contributed by atoms with Gasteiger partial charge < -0.3 is 9.84 Å². The summed E-state index contributed by atoms with van der Waals surface area (Å²) in [5, 5.41) is 9.47. The summed E-state index contributed by atoms with van der Waals surface area (Å²) < 4.78 is 6.56. The van der Waals surface area contributed by atoms with Crippen molar-refractivity contribution >= 4 is 12.2 Å². The molecule has 2 aliphatic rings. The Morgan fingerprint density at radius 3 is 2.69 bits per heavy atom. The molecule has 0 aromatic heterocycles. The fourth-order valence-corrected chi connectivity index (χ4v) is 4.87. The molecule has 0 saturated heterocycles. The minimum atomic E-state index is -0.907. The number of carboxylic acid groups (broad SMARTS) is 1. The lowest BCUT2D eigenvalue weighted by molar-refractivity contribution is 0.0344. The Kier molecular flexibility index (Phi) is 7.21. The Bertz CT molecular complexity index is 1010. The average molecular weight is 432 g/mol. The van der Waals surface area contributed by atoms with Gasteiger partial charge in [0.05, 0.1) is 18.3 Å². The van der Waals surface area contributed by atoms with Crippen LogP contribution in [0.15, 0.2) is 64.8 Å². The molecule has 4 nitrogen and oxygen atoms in total. The Morgan fingerprint density at radius 2 is 1.94 bits per heavy atom. The lowest BCUT2D eigenvalue weighted by Gasteiger charge is -2.35. The van der Waals surface area contributed by atoms with Crippen LogP contribution in [0.3, 0.4) is 0 Å². The Labute approximate surface area is 191 Å². The lowest BCUT2D eigenvalue weighted by Crippen LogP contribution is -2.33. The van der Waals surface area contributed by atoms with Crippen molar-refractivity contribution in [3.63, 3.8) is 0 Å². The molecule has 0 radical (unpaired) electrons. The second-order valence-electron chi connectivity index (χ2n) is 9.18. The quantitative estimate of drug-likeness (QED) is 0.494. The Hall–Kier alpha value is -2.72. The highest BCUT2D eigenvalue weighted by Crippen LogP contribution is 2.39. The number of rotatable bonds is 8. The van der Waals surface area contributed by atoms with Crippen LogP contribution in [0, 0.1) is 11.8 Å². The predicted molar refractivity (Wildman–Crippen MR) is 129 cm³/mol. The maximum atomic E-state index is 11.5. The maximum Gasteiger partial charge on any atom is 0.336 e. The summed E-state index contributed by atoms with van der Waals surface area (Å²) in [7, 11) is 0. The first kappa shape index (κ1) is 22.5. The first-order valence-electron chi connectivity index (χ1n) is 11.9. The van der Waals surface area contributed by atoms with Crippen molar-refractivity contribution in [1.29, 1.82) is 0 Å². The number of carbonyl (C=O) groups is 1. The predicted octanol–water partition coefficient (Wildman–Crippen LogP) is 6.90. The summed E-state index contributed by atoms with van der Waals surface area (Å²) in [6, 6.07) is 15.2. The highest BCUT2D eigenvalue weighted by molar-refractivity contribution is 5.95. The van der Waals surface area contributed by atoms with E-state index in [1.54, 1.807) is 12.1 Å². The number of nitrogens with zero attached hydrogens (tertiary/aromatic N) is 1. The topological polar surface area (TPSA) is 58.9 Å². The van der Waals surface area contributed by atoms with Gasteiger partial charge in [0.25, 0.3) is 0 Å². The number of allylic oxidation sites excluding steroid dienone is 1. The third kappa shape index (κ3) is 5.02. The molecule has 3 unspecified atom stereocenters. The van der Waals surface area contributed by atoms with E-state index < -0.39 is 5.97 Å². The van der Waals surface area contributed by atoms with Crippen molar-refractivity contribution in [2.24, 2.45) is 16.8 Å². The highest BCUT2D eigenvalue weighted by Gasteiger charge is 2.33. The van der Waals surface area contributed by atoms with Crippen LogP contribution in [-0.2, 0) is 11.3 Å². The van der Waals surface area contributed by atoms with Crippen LogP contribution in [0.2, 0.25) is 0 Å². The van der Waals surface area contributed by atoms with Crippen molar-refractivity contribution in [1.82, 2.24) is 0 Å². The smallest absolute Gasteiger partial charge is 0.336 e. The fraction of sp³-hybridized carbons (Fsp3) is 0.429. The van der Waals surface area contributed by atoms with Crippen molar-refractivity contribution in [3.8, 4) is 11.1 Å². The number of hydrogen-bond donors (Lipinski definition) is 1. The van der Waals surface area contributed by atoms with Crippen LogP contribution >= 0.6 is 0 Å². The van der Waals surface area contributed by atoms with Gasteiger partial charge in [0, 0.05) is 17.8 Å². The van der Waals surface area contributed by atoms with Gasteiger partial charge in [0.15, 0.2) is 0 Å². The molecule has 0 fully saturated rings. The summed E-state index contributed by atoms with van der Waals surface area (Å²) in [5.41, 5.74) is 5.73. The zero-order chi connectivity index (χ0) is 22.5. The van der Waals surface area contributed by atoms with Gasteiger partial charge in [-0.3, -0.25) is 4.99 Å². The first-order valence-corrected chi connectivity index (χ1v) is 11.9. The molecule has 1 aliphatic carbocycles. The van der Waals surface area contributed by atoms with E-state index in [1.807, 2.05) is 36.4 Å². The van der Waals surface area contributed by atoms with Crippen molar-refractivity contribution in [2.45, 2.75) is 65.1 Å². The van der Waals surface area contributed by atoms with Crippen molar-refractivity contribution in [3.05, 3.63) is 70.9 Å². The zero-order valence-corrected chi connectivity index (χ0v) is 19.1. The zero-order valence-electron chi connectivity index (χ0n) is 19.1. The van der Waals surface area contributed by atoms with Crippen molar-refractivity contribution in [2.75, 3.05) is 0 Å². The third-order valence-corrected chi connectivity index (χ3v) is 6.71. The molecule has 4 rings (SSSR count). The first-order chi connectivity index (χ1) is 15.6. The second-order valence-corrected chi connectivity index (χ2v) is 9.18. The second kappa shape index (κ2) is 10.3. The fourth-order valence-electron chi connectivity index (χ4n) is 4.87. The van der Waals surface area contributed by atoms with Gasteiger partial charge in [-0.05, 0) is 59.9 Å².